The van der Waals surface area contributed by atoms with Gasteiger partial charge in [0.2, 0.25) is 0 Å². The minimum atomic E-state index is -0.0687. The molecule has 0 saturated carbocycles. The highest BCUT2D eigenvalue weighted by Gasteiger charge is 2.04. The van der Waals surface area contributed by atoms with Crippen LogP contribution in [0.25, 0.3) is 0 Å². The molecule has 0 aromatic heterocycles. The standard InChI is InChI=1S/C8H15NO2/c1-9-5-2-3-8(7-11)4-6-10/h6-9H,2-5H2,1H3. The first-order valence-corrected chi connectivity index (χ1v) is 3.88. The summed E-state index contributed by atoms with van der Waals surface area (Å²) >= 11 is 0. The molecule has 0 fully saturated rings. The minimum absolute atomic E-state index is 0.0687. The quantitative estimate of drug-likeness (QED) is 0.429. The van der Waals surface area contributed by atoms with Gasteiger partial charge in [-0.1, -0.05) is 0 Å². The zero-order valence-electron chi connectivity index (χ0n) is 6.88. The lowest BCUT2D eigenvalue weighted by Gasteiger charge is -2.04. The molecule has 3 heteroatoms. The van der Waals surface area contributed by atoms with Crippen LogP contribution >= 0.6 is 0 Å². The third-order valence-corrected chi connectivity index (χ3v) is 1.59. The molecule has 0 amide bonds. The Morgan fingerprint density at radius 3 is 2.64 bits per heavy atom. The highest BCUT2D eigenvalue weighted by Crippen LogP contribution is 2.05. The zero-order chi connectivity index (χ0) is 8.53. The van der Waals surface area contributed by atoms with Crippen molar-refractivity contribution in [3.63, 3.8) is 0 Å². The molecule has 0 aliphatic rings. The van der Waals surface area contributed by atoms with Crippen molar-refractivity contribution in [2.45, 2.75) is 19.3 Å². The Bertz CT molecular complexity index is 115. The lowest BCUT2D eigenvalue weighted by molar-refractivity contribution is -0.115. The molecule has 0 saturated heterocycles. The molecular formula is C8H15NO2. The number of carbonyl (C=O) groups excluding carboxylic acids is 2. The van der Waals surface area contributed by atoms with Crippen LogP contribution in [0.15, 0.2) is 0 Å². The van der Waals surface area contributed by atoms with Gasteiger partial charge in [0, 0.05) is 12.3 Å². The van der Waals surface area contributed by atoms with E-state index < -0.39 is 0 Å². The molecule has 0 aromatic rings. The average molecular weight is 157 g/mol. The molecule has 3 nitrogen and oxygen atoms in total. The molecule has 0 rings (SSSR count). The molecule has 0 spiro atoms. The van der Waals surface area contributed by atoms with Gasteiger partial charge in [-0.2, -0.15) is 0 Å². The van der Waals surface area contributed by atoms with Crippen LogP contribution in [0, 0.1) is 5.92 Å². The average Bonchev–Trinajstić information content (AvgIpc) is 2.03. The maximum absolute atomic E-state index is 10.3. The van der Waals surface area contributed by atoms with E-state index in [4.69, 9.17) is 0 Å². The molecule has 0 bridgehead atoms. The highest BCUT2D eigenvalue weighted by atomic mass is 16.1. The van der Waals surface area contributed by atoms with E-state index in [-0.39, 0.29) is 5.92 Å². The van der Waals surface area contributed by atoms with E-state index in [2.05, 4.69) is 5.32 Å². The second-order valence-electron chi connectivity index (χ2n) is 2.54. The van der Waals surface area contributed by atoms with E-state index in [9.17, 15) is 9.59 Å². The number of hydrogen-bond donors (Lipinski definition) is 1. The van der Waals surface area contributed by atoms with Gasteiger partial charge in [0.1, 0.15) is 12.6 Å². The number of aldehydes is 2. The summed E-state index contributed by atoms with van der Waals surface area (Å²) in [4.78, 5) is 20.3. The largest absolute Gasteiger partial charge is 0.320 e. The maximum atomic E-state index is 10.3. The van der Waals surface area contributed by atoms with Gasteiger partial charge in [-0.05, 0) is 26.4 Å². The van der Waals surface area contributed by atoms with Gasteiger partial charge in [0.05, 0.1) is 0 Å². The van der Waals surface area contributed by atoms with Crippen LogP contribution < -0.4 is 5.32 Å². The van der Waals surface area contributed by atoms with Crippen molar-refractivity contribution in [3.8, 4) is 0 Å². The van der Waals surface area contributed by atoms with E-state index in [0.717, 1.165) is 32.0 Å². The summed E-state index contributed by atoms with van der Waals surface area (Å²) in [5.41, 5.74) is 0. The Labute approximate surface area is 67.2 Å². The smallest absolute Gasteiger partial charge is 0.123 e. The van der Waals surface area contributed by atoms with Crippen LogP contribution in [-0.4, -0.2) is 26.2 Å². The van der Waals surface area contributed by atoms with Crippen LogP contribution in [0.2, 0.25) is 0 Å². The number of rotatable bonds is 7. The molecule has 1 atom stereocenters. The SMILES string of the molecule is CNCCCC(C=O)CC=O. The third-order valence-electron chi connectivity index (χ3n) is 1.59. The van der Waals surface area contributed by atoms with Crippen LogP contribution in [0.4, 0.5) is 0 Å². The Balaban J connectivity index is 3.35. The number of nitrogens with one attached hydrogen (secondary N) is 1. The highest BCUT2D eigenvalue weighted by molar-refractivity contribution is 5.61. The molecular weight excluding hydrogens is 142 g/mol. The molecule has 11 heavy (non-hydrogen) atoms. The van der Waals surface area contributed by atoms with Crippen molar-refractivity contribution in [2.75, 3.05) is 13.6 Å². The molecule has 0 aliphatic carbocycles. The van der Waals surface area contributed by atoms with E-state index in [1.165, 1.54) is 0 Å². The van der Waals surface area contributed by atoms with Gasteiger partial charge in [-0.15, -0.1) is 0 Å². The monoisotopic (exact) mass is 157 g/mol. The van der Waals surface area contributed by atoms with Gasteiger partial charge >= 0.3 is 0 Å². The lowest BCUT2D eigenvalue weighted by atomic mass is 10.0. The van der Waals surface area contributed by atoms with Crippen LogP contribution in [0.5, 0.6) is 0 Å². The van der Waals surface area contributed by atoms with Crippen LogP contribution in [0.1, 0.15) is 19.3 Å². The van der Waals surface area contributed by atoms with Crippen molar-refractivity contribution in [3.05, 3.63) is 0 Å². The maximum Gasteiger partial charge on any atom is 0.123 e. The summed E-state index contributed by atoms with van der Waals surface area (Å²) < 4.78 is 0. The fourth-order valence-electron chi connectivity index (χ4n) is 0.906. The summed E-state index contributed by atoms with van der Waals surface area (Å²) in [7, 11) is 1.87. The van der Waals surface area contributed by atoms with Crippen LogP contribution in [0.3, 0.4) is 0 Å². The van der Waals surface area contributed by atoms with Crippen molar-refractivity contribution in [1.29, 1.82) is 0 Å². The van der Waals surface area contributed by atoms with E-state index in [0.29, 0.717) is 6.42 Å². The Hall–Kier alpha value is -0.700. The number of hydrogen-bond acceptors (Lipinski definition) is 3. The topological polar surface area (TPSA) is 46.2 Å². The summed E-state index contributed by atoms with van der Waals surface area (Å²) in [6.45, 7) is 0.906. The van der Waals surface area contributed by atoms with Gasteiger partial charge in [-0.3, -0.25) is 0 Å². The lowest BCUT2D eigenvalue weighted by Crippen LogP contribution is -2.11. The normalized spacial score (nSPS) is 12.5. The molecule has 0 aliphatic heterocycles. The predicted molar refractivity (Wildman–Crippen MR) is 43.4 cm³/mol. The zero-order valence-corrected chi connectivity index (χ0v) is 6.88. The fraction of sp³-hybridized carbons (Fsp3) is 0.750. The Morgan fingerprint density at radius 2 is 2.18 bits per heavy atom. The molecule has 0 radical (unpaired) electrons. The first-order chi connectivity index (χ1) is 5.35. The minimum Gasteiger partial charge on any atom is -0.320 e. The second kappa shape index (κ2) is 7.41. The Kier molecular flexibility index (Phi) is 6.94. The number of carbonyl (C=O) groups is 2. The first-order valence-electron chi connectivity index (χ1n) is 3.88. The predicted octanol–water partition coefficient (Wildman–Crippen LogP) is 0.390. The third kappa shape index (κ3) is 5.73. The fourth-order valence-corrected chi connectivity index (χ4v) is 0.906. The molecule has 0 aromatic carbocycles. The van der Waals surface area contributed by atoms with Gasteiger partial charge in [0.15, 0.2) is 0 Å². The van der Waals surface area contributed by atoms with Crippen molar-refractivity contribution < 1.29 is 9.59 Å². The van der Waals surface area contributed by atoms with Crippen LogP contribution in [-0.2, 0) is 9.59 Å². The van der Waals surface area contributed by atoms with Gasteiger partial charge in [0.25, 0.3) is 0 Å². The van der Waals surface area contributed by atoms with Gasteiger partial charge in [-0.25, -0.2) is 0 Å². The molecule has 64 valence electrons. The van der Waals surface area contributed by atoms with Crippen molar-refractivity contribution >= 4 is 12.6 Å². The molecule has 1 unspecified atom stereocenters. The van der Waals surface area contributed by atoms with Crippen molar-refractivity contribution in [2.24, 2.45) is 5.92 Å². The Morgan fingerprint density at radius 1 is 1.45 bits per heavy atom. The van der Waals surface area contributed by atoms with E-state index in [1.54, 1.807) is 0 Å². The summed E-state index contributed by atoms with van der Waals surface area (Å²) in [5, 5.41) is 2.98. The molecule has 1 N–H and O–H groups in total. The summed E-state index contributed by atoms with van der Waals surface area (Å²) in [6.07, 6.45) is 3.80. The van der Waals surface area contributed by atoms with Crippen molar-refractivity contribution in [1.82, 2.24) is 5.32 Å². The molecule has 0 heterocycles. The second-order valence-corrected chi connectivity index (χ2v) is 2.54. The summed E-state index contributed by atoms with van der Waals surface area (Å²) in [5.74, 6) is -0.0687. The van der Waals surface area contributed by atoms with E-state index >= 15 is 0 Å². The van der Waals surface area contributed by atoms with E-state index in [1.807, 2.05) is 7.05 Å². The summed E-state index contributed by atoms with van der Waals surface area (Å²) in [6, 6.07) is 0. The van der Waals surface area contributed by atoms with Gasteiger partial charge < -0.3 is 14.9 Å². The first kappa shape index (κ1) is 10.3.